The molecule has 0 spiro atoms. The van der Waals surface area contributed by atoms with Crippen LogP contribution in [0.3, 0.4) is 0 Å². The molecule has 0 unspecified atom stereocenters. The van der Waals surface area contributed by atoms with Crippen LogP contribution in [0.2, 0.25) is 0 Å². The number of anilines is 1. The van der Waals surface area contributed by atoms with Crippen molar-refractivity contribution < 1.29 is 19.1 Å². The van der Waals surface area contributed by atoms with Gasteiger partial charge in [-0.05, 0) is 36.3 Å². The molecular weight excluding hydrogens is 386 g/mol. The summed E-state index contributed by atoms with van der Waals surface area (Å²) in [5.41, 5.74) is 2.83. The van der Waals surface area contributed by atoms with Gasteiger partial charge in [0, 0.05) is 17.0 Å². The van der Waals surface area contributed by atoms with E-state index in [2.05, 4.69) is 5.32 Å². The fourth-order valence-electron chi connectivity index (χ4n) is 2.76. The summed E-state index contributed by atoms with van der Waals surface area (Å²) in [5.74, 6) is -0.0811. The highest BCUT2D eigenvalue weighted by Gasteiger charge is 2.22. The van der Waals surface area contributed by atoms with Crippen molar-refractivity contribution in [3.8, 4) is 16.9 Å². The molecule has 29 heavy (non-hydrogen) atoms. The van der Waals surface area contributed by atoms with Gasteiger partial charge in [-0.1, -0.05) is 42.5 Å². The Morgan fingerprint density at radius 1 is 1.10 bits per heavy atom. The second-order valence-corrected chi connectivity index (χ2v) is 6.92. The first-order chi connectivity index (χ1) is 14.1. The first-order valence-electron chi connectivity index (χ1n) is 9.09. The summed E-state index contributed by atoms with van der Waals surface area (Å²) in [5, 5.41) is 5.11. The van der Waals surface area contributed by atoms with Crippen molar-refractivity contribution in [3.05, 3.63) is 77.2 Å². The number of esters is 1. The highest BCUT2D eigenvalue weighted by molar-refractivity contribution is 7.15. The van der Waals surface area contributed by atoms with Crippen LogP contribution in [0, 0.1) is 0 Å². The second kappa shape index (κ2) is 9.71. The summed E-state index contributed by atoms with van der Waals surface area (Å²) in [6, 6.07) is 16.9. The molecule has 0 saturated carbocycles. The van der Waals surface area contributed by atoms with Gasteiger partial charge in [-0.25, -0.2) is 4.79 Å². The fraction of sp³-hybridized carbons (Fsp3) is 0.130. The summed E-state index contributed by atoms with van der Waals surface area (Å²) in [6.07, 6.45) is 3.11. The average molecular weight is 407 g/mol. The molecule has 0 aliphatic carbocycles. The van der Waals surface area contributed by atoms with Crippen LogP contribution in [0.1, 0.15) is 22.8 Å². The molecule has 6 heteroatoms. The van der Waals surface area contributed by atoms with Crippen molar-refractivity contribution in [3.63, 3.8) is 0 Å². The van der Waals surface area contributed by atoms with Crippen LogP contribution in [0.5, 0.6) is 5.75 Å². The molecule has 1 heterocycles. The fourth-order valence-corrected chi connectivity index (χ4v) is 3.72. The maximum Gasteiger partial charge on any atom is 0.341 e. The molecule has 3 aromatic rings. The molecule has 2 aromatic carbocycles. The number of carbonyl (C=O) groups excluding carboxylic acids is 2. The number of amides is 1. The molecule has 3 rings (SSSR count). The van der Waals surface area contributed by atoms with Crippen LogP contribution in [-0.4, -0.2) is 25.6 Å². The van der Waals surface area contributed by atoms with E-state index in [0.29, 0.717) is 16.3 Å². The predicted octanol–water partition coefficient (Wildman–Crippen LogP) is 5.25. The zero-order valence-electron chi connectivity index (χ0n) is 16.2. The number of benzene rings is 2. The van der Waals surface area contributed by atoms with Gasteiger partial charge in [0.25, 0.3) is 0 Å². The molecule has 1 N–H and O–H groups in total. The van der Waals surface area contributed by atoms with Crippen LogP contribution >= 0.6 is 11.3 Å². The van der Waals surface area contributed by atoms with Gasteiger partial charge in [-0.15, -0.1) is 11.3 Å². The Morgan fingerprint density at radius 3 is 2.62 bits per heavy atom. The van der Waals surface area contributed by atoms with Crippen LogP contribution < -0.4 is 10.1 Å². The summed E-state index contributed by atoms with van der Waals surface area (Å²) in [4.78, 5) is 25.0. The lowest BCUT2D eigenvalue weighted by Gasteiger charge is -2.08. The Kier molecular flexibility index (Phi) is 6.81. The molecule has 0 radical (unpaired) electrons. The summed E-state index contributed by atoms with van der Waals surface area (Å²) in [6.45, 7) is 2.01. The van der Waals surface area contributed by atoms with Crippen molar-refractivity contribution in [2.24, 2.45) is 0 Å². The van der Waals surface area contributed by atoms with Gasteiger partial charge < -0.3 is 14.8 Å². The number of methoxy groups -OCH3 is 1. The molecule has 1 amide bonds. The normalized spacial score (nSPS) is 10.7. The maximum atomic E-state index is 12.6. The number of thiophene rings is 1. The van der Waals surface area contributed by atoms with Crippen molar-refractivity contribution >= 4 is 34.3 Å². The van der Waals surface area contributed by atoms with Gasteiger partial charge in [0.05, 0.1) is 13.7 Å². The van der Waals surface area contributed by atoms with Gasteiger partial charge in [0.2, 0.25) is 5.91 Å². The standard InChI is InChI=1S/C23H21NO4S/c1-3-28-23(26)21-19(17-9-5-4-6-10-17)15-29-22(21)24-20(25)13-12-16-8-7-11-18(14-16)27-2/h4-15H,3H2,1-2H3,(H,24,25)/b13-12+. The van der Waals surface area contributed by atoms with E-state index in [1.54, 1.807) is 20.1 Å². The van der Waals surface area contributed by atoms with Gasteiger partial charge in [-0.3, -0.25) is 4.79 Å². The lowest BCUT2D eigenvalue weighted by atomic mass is 10.0. The lowest BCUT2D eigenvalue weighted by Crippen LogP contribution is -2.12. The molecule has 0 fully saturated rings. The molecule has 0 atom stereocenters. The Bertz CT molecular complexity index is 1020. The summed E-state index contributed by atoms with van der Waals surface area (Å²) >= 11 is 1.29. The van der Waals surface area contributed by atoms with Crippen LogP contribution in [0.15, 0.2) is 66.1 Å². The molecule has 5 nitrogen and oxygen atoms in total. The van der Waals surface area contributed by atoms with E-state index in [1.165, 1.54) is 17.4 Å². The molecular formula is C23H21NO4S. The monoisotopic (exact) mass is 407 g/mol. The third-order valence-corrected chi connectivity index (χ3v) is 5.01. The number of rotatable bonds is 7. The Labute approximate surface area is 173 Å². The number of hydrogen-bond donors (Lipinski definition) is 1. The van der Waals surface area contributed by atoms with Crippen LogP contribution in [-0.2, 0) is 9.53 Å². The topological polar surface area (TPSA) is 64.6 Å². The van der Waals surface area contributed by atoms with Crippen molar-refractivity contribution in [1.29, 1.82) is 0 Å². The van der Waals surface area contributed by atoms with E-state index in [1.807, 2.05) is 60.0 Å². The largest absolute Gasteiger partial charge is 0.497 e. The predicted molar refractivity (Wildman–Crippen MR) is 116 cm³/mol. The molecule has 1 aromatic heterocycles. The first kappa shape index (κ1) is 20.4. The molecule has 0 bridgehead atoms. The van der Waals surface area contributed by atoms with Gasteiger partial charge in [0.15, 0.2) is 0 Å². The van der Waals surface area contributed by atoms with E-state index >= 15 is 0 Å². The minimum atomic E-state index is -0.459. The van der Waals surface area contributed by atoms with E-state index in [4.69, 9.17) is 9.47 Å². The highest BCUT2D eigenvalue weighted by atomic mass is 32.1. The minimum absolute atomic E-state index is 0.256. The van der Waals surface area contributed by atoms with Crippen molar-refractivity contribution in [2.75, 3.05) is 19.0 Å². The van der Waals surface area contributed by atoms with Gasteiger partial charge >= 0.3 is 5.97 Å². The third kappa shape index (κ3) is 5.12. The van der Waals surface area contributed by atoms with E-state index in [0.717, 1.165) is 16.7 Å². The number of carbonyl (C=O) groups is 2. The molecule has 148 valence electrons. The summed E-state index contributed by atoms with van der Waals surface area (Å²) in [7, 11) is 1.59. The van der Waals surface area contributed by atoms with Gasteiger partial charge in [0.1, 0.15) is 16.3 Å². The molecule has 0 aliphatic rings. The zero-order chi connectivity index (χ0) is 20.6. The van der Waals surface area contributed by atoms with Crippen LogP contribution in [0.4, 0.5) is 5.00 Å². The Morgan fingerprint density at radius 2 is 1.90 bits per heavy atom. The smallest absolute Gasteiger partial charge is 0.341 e. The zero-order valence-corrected chi connectivity index (χ0v) is 17.0. The third-order valence-electron chi connectivity index (χ3n) is 4.11. The van der Waals surface area contributed by atoms with Crippen LogP contribution in [0.25, 0.3) is 17.2 Å². The summed E-state index contributed by atoms with van der Waals surface area (Å²) < 4.78 is 10.4. The lowest BCUT2D eigenvalue weighted by molar-refractivity contribution is -0.111. The maximum absolute atomic E-state index is 12.6. The Balaban J connectivity index is 1.84. The van der Waals surface area contributed by atoms with Crippen molar-refractivity contribution in [2.45, 2.75) is 6.92 Å². The Hall–Kier alpha value is -3.38. The SMILES string of the molecule is CCOC(=O)c1c(-c2ccccc2)csc1NC(=O)/C=C/c1cccc(OC)c1. The average Bonchev–Trinajstić information content (AvgIpc) is 3.16. The number of nitrogens with one attached hydrogen (secondary N) is 1. The molecule has 0 aliphatic heterocycles. The molecule has 0 saturated heterocycles. The van der Waals surface area contributed by atoms with Crippen molar-refractivity contribution in [1.82, 2.24) is 0 Å². The second-order valence-electron chi connectivity index (χ2n) is 6.04. The van der Waals surface area contributed by atoms with E-state index < -0.39 is 5.97 Å². The highest BCUT2D eigenvalue weighted by Crippen LogP contribution is 2.36. The first-order valence-corrected chi connectivity index (χ1v) is 9.97. The number of ether oxygens (including phenoxy) is 2. The number of hydrogen-bond acceptors (Lipinski definition) is 5. The van der Waals surface area contributed by atoms with E-state index in [-0.39, 0.29) is 12.5 Å². The van der Waals surface area contributed by atoms with Gasteiger partial charge in [-0.2, -0.15) is 0 Å². The minimum Gasteiger partial charge on any atom is -0.497 e. The quantitative estimate of drug-likeness (QED) is 0.429. The van der Waals surface area contributed by atoms with E-state index in [9.17, 15) is 9.59 Å².